The fourth-order valence-corrected chi connectivity index (χ4v) is 2.07. The molecule has 2 aromatic rings. The van der Waals surface area contributed by atoms with Gasteiger partial charge in [0, 0.05) is 6.20 Å². The van der Waals surface area contributed by atoms with Crippen molar-refractivity contribution < 1.29 is 18.0 Å². The molecule has 0 amide bonds. The van der Waals surface area contributed by atoms with Crippen molar-refractivity contribution in [2.24, 2.45) is 0 Å². The van der Waals surface area contributed by atoms with E-state index in [9.17, 15) is 8.42 Å². The van der Waals surface area contributed by atoms with E-state index in [0.29, 0.717) is 5.56 Å². The summed E-state index contributed by atoms with van der Waals surface area (Å²) in [6.45, 7) is -0.272. The number of aliphatic hydroxyl groups excluding tert-OH is 1. The maximum Gasteiger partial charge on any atom is 0.258 e. The standard InChI is InChI=1S/C9H10N4O4S/c14-5-7-1-2-9(10-3-7)18(15,16)12-4-8-11-6-17-13-8/h1-3,6,12,14H,4-5H2. The molecule has 2 aromatic heterocycles. The third kappa shape index (κ3) is 2.88. The Hall–Kier alpha value is -1.84. The van der Waals surface area contributed by atoms with E-state index in [4.69, 9.17) is 5.11 Å². The van der Waals surface area contributed by atoms with Crippen LogP contribution in [0.5, 0.6) is 0 Å². The minimum Gasteiger partial charge on any atom is -0.392 e. The summed E-state index contributed by atoms with van der Waals surface area (Å²) in [5.41, 5.74) is 0.534. The van der Waals surface area contributed by atoms with Crippen LogP contribution in [-0.2, 0) is 23.2 Å². The van der Waals surface area contributed by atoms with Gasteiger partial charge in [0.1, 0.15) is 0 Å². The zero-order valence-corrected chi connectivity index (χ0v) is 9.96. The monoisotopic (exact) mass is 270 g/mol. The van der Waals surface area contributed by atoms with Crippen LogP contribution in [0.4, 0.5) is 0 Å². The number of hydrogen-bond donors (Lipinski definition) is 2. The molecule has 0 spiro atoms. The summed E-state index contributed by atoms with van der Waals surface area (Å²) in [6, 6.07) is 2.79. The predicted octanol–water partition coefficient (Wildman–Crippen LogP) is -0.565. The van der Waals surface area contributed by atoms with E-state index < -0.39 is 10.0 Å². The number of sulfonamides is 1. The zero-order valence-electron chi connectivity index (χ0n) is 9.15. The smallest absolute Gasteiger partial charge is 0.258 e. The van der Waals surface area contributed by atoms with Crippen molar-refractivity contribution in [3.8, 4) is 0 Å². The molecule has 0 radical (unpaired) electrons. The molecule has 0 aliphatic carbocycles. The van der Waals surface area contributed by atoms with E-state index in [1.54, 1.807) is 0 Å². The largest absolute Gasteiger partial charge is 0.392 e. The molecule has 9 heteroatoms. The highest BCUT2D eigenvalue weighted by atomic mass is 32.2. The van der Waals surface area contributed by atoms with Gasteiger partial charge in [0.2, 0.25) is 6.39 Å². The highest BCUT2D eigenvalue weighted by molar-refractivity contribution is 7.89. The molecule has 0 atom stereocenters. The summed E-state index contributed by atoms with van der Waals surface area (Å²) in [7, 11) is -3.73. The quantitative estimate of drug-likeness (QED) is 0.747. The van der Waals surface area contributed by atoms with Gasteiger partial charge >= 0.3 is 0 Å². The molecule has 0 unspecified atom stereocenters. The van der Waals surface area contributed by atoms with E-state index >= 15 is 0 Å². The van der Waals surface area contributed by atoms with Crippen molar-refractivity contribution in [3.05, 3.63) is 36.1 Å². The number of nitrogens with zero attached hydrogens (tertiary/aromatic N) is 3. The molecule has 2 N–H and O–H groups in total. The van der Waals surface area contributed by atoms with Crippen LogP contribution in [0.2, 0.25) is 0 Å². The van der Waals surface area contributed by atoms with Gasteiger partial charge in [-0.25, -0.2) is 18.1 Å². The van der Waals surface area contributed by atoms with Crippen molar-refractivity contribution in [3.63, 3.8) is 0 Å². The highest BCUT2D eigenvalue weighted by Gasteiger charge is 2.16. The van der Waals surface area contributed by atoms with Crippen LogP contribution >= 0.6 is 0 Å². The van der Waals surface area contributed by atoms with Crippen LogP contribution in [0.1, 0.15) is 11.4 Å². The van der Waals surface area contributed by atoms with Crippen LogP contribution in [0.25, 0.3) is 0 Å². The summed E-state index contributed by atoms with van der Waals surface area (Å²) in [6.07, 6.45) is 2.40. The third-order valence-electron chi connectivity index (χ3n) is 2.08. The molecule has 0 aliphatic rings. The van der Waals surface area contributed by atoms with Crippen LogP contribution in [0.15, 0.2) is 34.3 Å². The van der Waals surface area contributed by atoms with Crippen LogP contribution in [-0.4, -0.2) is 28.6 Å². The van der Waals surface area contributed by atoms with Gasteiger partial charge in [-0.05, 0) is 11.6 Å². The Bertz CT molecular complexity index is 594. The molecule has 0 aliphatic heterocycles. The molecular formula is C9H10N4O4S. The van der Waals surface area contributed by atoms with Crippen molar-refractivity contribution in [1.82, 2.24) is 19.8 Å². The SMILES string of the molecule is O=S(=O)(NCc1ncon1)c1ccc(CO)cn1. The summed E-state index contributed by atoms with van der Waals surface area (Å²) in [4.78, 5) is 7.43. The molecule has 2 heterocycles. The normalized spacial score (nSPS) is 11.6. The van der Waals surface area contributed by atoms with Crippen molar-refractivity contribution in [1.29, 1.82) is 0 Å². The summed E-state index contributed by atoms with van der Waals surface area (Å²) >= 11 is 0. The lowest BCUT2D eigenvalue weighted by molar-refractivity contribution is 0.281. The molecular weight excluding hydrogens is 260 g/mol. The van der Waals surface area contributed by atoms with Gasteiger partial charge < -0.3 is 9.63 Å². The first kappa shape index (κ1) is 12.6. The number of rotatable bonds is 5. The van der Waals surface area contributed by atoms with E-state index in [1.807, 2.05) is 0 Å². The summed E-state index contributed by atoms with van der Waals surface area (Å²) in [5, 5.41) is 12.2. The molecule has 0 saturated carbocycles. The Kier molecular flexibility index (Phi) is 3.65. The van der Waals surface area contributed by atoms with Gasteiger partial charge in [-0.1, -0.05) is 11.2 Å². The van der Waals surface area contributed by atoms with Gasteiger partial charge in [0.25, 0.3) is 10.0 Å². The Balaban J connectivity index is 2.09. The van der Waals surface area contributed by atoms with E-state index in [1.165, 1.54) is 18.3 Å². The van der Waals surface area contributed by atoms with Gasteiger partial charge in [-0.2, -0.15) is 4.98 Å². The first-order valence-electron chi connectivity index (χ1n) is 4.92. The van der Waals surface area contributed by atoms with Gasteiger partial charge in [-0.15, -0.1) is 0 Å². The maximum atomic E-state index is 11.8. The number of nitrogens with one attached hydrogen (secondary N) is 1. The fourth-order valence-electron chi connectivity index (χ4n) is 1.17. The van der Waals surface area contributed by atoms with E-state index in [-0.39, 0.29) is 24.0 Å². The maximum absolute atomic E-state index is 11.8. The Morgan fingerprint density at radius 3 is 2.72 bits per heavy atom. The minimum atomic E-state index is -3.73. The molecule has 8 nitrogen and oxygen atoms in total. The first-order chi connectivity index (χ1) is 8.62. The number of hydrogen-bond acceptors (Lipinski definition) is 7. The molecule has 0 saturated heterocycles. The lowest BCUT2D eigenvalue weighted by Gasteiger charge is -2.04. The predicted molar refractivity (Wildman–Crippen MR) is 58.5 cm³/mol. The van der Waals surface area contributed by atoms with Crippen molar-refractivity contribution in [2.75, 3.05) is 0 Å². The van der Waals surface area contributed by atoms with Gasteiger partial charge in [0.05, 0.1) is 13.2 Å². The van der Waals surface area contributed by atoms with Crippen LogP contribution in [0, 0.1) is 0 Å². The zero-order chi connectivity index (χ0) is 13.0. The van der Waals surface area contributed by atoms with E-state index in [2.05, 4.69) is 24.4 Å². The number of aromatic nitrogens is 3. The van der Waals surface area contributed by atoms with Crippen molar-refractivity contribution >= 4 is 10.0 Å². The summed E-state index contributed by atoms with van der Waals surface area (Å²) in [5.74, 6) is 0.227. The molecule has 0 bridgehead atoms. The van der Waals surface area contributed by atoms with Gasteiger partial charge in [-0.3, -0.25) is 0 Å². The second-order valence-corrected chi connectivity index (χ2v) is 5.05. The molecule has 18 heavy (non-hydrogen) atoms. The highest BCUT2D eigenvalue weighted by Crippen LogP contribution is 2.07. The molecule has 0 aromatic carbocycles. The molecule has 2 rings (SSSR count). The topological polar surface area (TPSA) is 118 Å². The average molecular weight is 270 g/mol. The lowest BCUT2D eigenvalue weighted by Crippen LogP contribution is -2.24. The number of pyridine rings is 1. The van der Waals surface area contributed by atoms with Gasteiger partial charge in [0.15, 0.2) is 10.9 Å². The van der Waals surface area contributed by atoms with Crippen LogP contribution < -0.4 is 4.72 Å². The Morgan fingerprint density at radius 2 is 2.17 bits per heavy atom. The lowest BCUT2D eigenvalue weighted by atomic mass is 10.3. The fraction of sp³-hybridized carbons (Fsp3) is 0.222. The minimum absolute atomic E-state index is 0.0811. The van der Waals surface area contributed by atoms with Crippen LogP contribution in [0.3, 0.4) is 0 Å². The second-order valence-electron chi connectivity index (χ2n) is 3.33. The average Bonchev–Trinajstić information content (AvgIpc) is 2.90. The molecule has 0 fully saturated rings. The second kappa shape index (κ2) is 5.21. The third-order valence-corrected chi connectivity index (χ3v) is 3.40. The van der Waals surface area contributed by atoms with Crippen molar-refractivity contribution in [2.45, 2.75) is 18.2 Å². The first-order valence-corrected chi connectivity index (χ1v) is 6.41. The number of aliphatic hydroxyl groups is 1. The Morgan fingerprint density at radius 1 is 1.33 bits per heavy atom. The van der Waals surface area contributed by atoms with E-state index in [0.717, 1.165) is 6.39 Å². The molecule has 96 valence electrons. The Labute approximate surface area is 103 Å². The summed E-state index contributed by atoms with van der Waals surface area (Å²) < 4.78 is 30.4.